The number of carbonyl (C=O) groups is 1. The maximum Gasteiger partial charge on any atom is 0.303 e. The number of halogens is 2. The number of carboxylic acids is 1. The molecule has 0 fully saturated rings. The molecule has 0 aliphatic carbocycles. The van der Waals surface area contributed by atoms with Crippen LogP contribution in [0.15, 0.2) is 30.4 Å². The minimum Gasteiger partial charge on any atom is -0.492 e. The van der Waals surface area contributed by atoms with Crippen molar-refractivity contribution in [3.63, 3.8) is 0 Å². The van der Waals surface area contributed by atoms with Crippen molar-refractivity contribution >= 4 is 39.2 Å². The first-order valence-corrected chi connectivity index (χ1v) is 10.2. The molecule has 6 nitrogen and oxygen atoms in total. The molecule has 1 aromatic rings. The largest absolute Gasteiger partial charge is 0.492 e. The van der Waals surface area contributed by atoms with E-state index in [4.69, 9.17) is 33.0 Å². The van der Waals surface area contributed by atoms with Crippen molar-refractivity contribution in [1.29, 1.82) is 0 Å². The third-order valence-corrected chi connectivity index (χ3v) is 4.86. The van der Waals surface area contributed by atoms with Gasteiger partial charge in [-0.2, -0.15) is 4.31 Å². The maximum absolute atomic E-state index is 11.8. The summed E-state index contributed by atoms with van der Waals surface area (Å²) < 4.78 is 30.4. The Bertz CT molecular complexity index is 686. The summed E-state index contributed by atoms with van der Waals surface area (Å²) in [7, 11) is -3.39. The van der Waals surface area contributed by atoms with Crippen LogP contribution >= 0.6 is 23.2 Å². The third-order valence-electron chi connectivity index (χ3n) is 3.15. The highest BCUT2D eigenvalue weighted by Crippen LogP contribution is 2.24. The molecular formula is C16H21Cl2NO5S. The van der Waals surface area contributed by atoms with E-state index in [0.29, 0.717) is 28.6 Å². The van der Waals surface area contributed by atoms with Crippen LogP contribution in [-0.4, -0.2) is 49.8 Å². The molecule has 0 radical (unpaired) electrons. The summed E-state index contributed by atoms with van der Waals surface area (Å²) in [6.45, 7) is 0.518. The average Bonchev–Trinajstić information content (AvgIpc) is 2.46. The minimum atomic E-state index is -3.39. The lowest BCUT2D eigenvalue weighted by Crippen LogP contribution is -2.34. The average molecular weight is 410 g/mol. The van der Waals surface area contributed by atoms with Crippen molar-refractivity contribution in [2.75, 3.05) is 26.0 Å². The fourth-order valence-electron chi connectivity index (χ4n) is 1.95. The van der Waals surface area contributed by atoms with Crippen molar-refractivity contribution in [1.82, 2.24) is 4.31 Å². The summed E-state index contributed by atoms with van der Waals surface area (Å²) in [5.74, 6) is -0.375. The SMILES string of the molecule is CS(=O)(=O)N(CC=CCCCC(=O)O)CCOc1cc(Cl)cc(Cl)c1. The molecule has 0 saturated heterocycles. The number of ether oxygens (including phenoxy) is 1. The summed E-state index contributed by atoms with van der Waals surface area (Å²) in [5.41, 5.74) is 0. The van der Waals surface area contributed by atoms with Crippen LogP contribution in [0.25, 0.3) is 0 Å². The summed E-state index contributed by atoms with van der Waals surface area (Å²) in [6, 6.07) is 4.77. The fourth-order valence-corrected chi connectivity index (χ4v) is 3.22. The lowest BCUT2D eigenvalue weighted by molar-refractivity contribution is -0.137. The molecule has 9 heteroatoms. The third kappa shape index (κ3) is 9.69. The van der Waals surface area contributed by atoms with E-state index in [1.807, 2.05) is 0 Å². The zero-order chi connectivity index (χ0) is 18.9. The van der Waals surface area contributed by atoms with Crippen LogP contribution < -0.4 is 4.74 Å². The lowest BCUT2D eigenvalue weighted by atomic mass is 10.2. The Labute approximate surface area is 158 Å². The van der Waals surface area contributed by atoms with Gasteiger partial charge < -0.3 is 9.84 Å². The standard InChI is InChI=1S/C16H21Cl2NO5S/c1-25(22,23)19(7-5-3-2-4-6-16(20)21)8-9-24-15-11-13(17)10-14(18)12-15/h3,5,10-12H,2,4,6-9H2,1H3,(H,20,21). The van der Waals surface area contributed by atoms with Gasteiger partial charge in [0.2, 0.25) is 10.0 Å². The van der Waals surface area contributed by atoms with E-state index in [1.165, 1.54) is 4.31 Å². The second kappa shape index (κ2) is 10.7. The molecule has 1 N–H and O–H groups in total. The van der Waals surface area contributed by atoms with Crippen LogP contribution in [0.1, 0.15) is 19.3 Å². The smallest absolute Gasteiger partial charge is 0.303 e. The van der Waals surface area contributed by atoms with Gasteiger partial charge in [-0.15, -0.1) is 0 Å². The van der Waals surface area contributed by atoms with Crippen molar-refractivity contribution in [3.8, 4) is 5.75 Å². The summed E-state index contributed by atoms with van der Waals surface area (Å²) in [4.78, 5) is 10.4. The molecule has 0 aliphatic rings. The minimum absolute atomic E-state index is 0.0934. The van der Waals surface area contributed by atoms with Crippen LogP contribution in [-0.2, 0) is 14.8 Å². The number of unbranched alkanes of at least 4 members (excludes halogenated alkanes) is 1. The Morgan fingerprint density at radius 3 is 2.44 bits per heavy atom. The predicted molar refractivity (Wildman–Crippen MR) is 99.0 cm³/mol. The van der Waals surface area contributed by atoms with Crippen molar-refractivity contribution in [2.24, 2.45) is 0 Å². The Balaban J connectivity index is 2.48. The Kier molecular flexibility index (Phi) is 9.27. The first-order chi connectivity index (χ1) is 11.7. The molecule has 0 amide bonds. The highest BCUT2D eigenvalue weighted by Gasteiger charge is 2.15. The molecule has 0 unspecified atom stereocenters. The molecule has 0 saturated carbocycles. The van der Waals surface area contributed by atoms with Crippen molar-refractivity contribution in [3.05, 3.63) is 40.4 Å². The molecule has 0 heterocycles. The number of rotatable bonds is 11. The molecule has 0 spiro atoms. The first-order valence-electron chi connectivity index (χ1n) is 7.59. The van der Waals surface area contributed by atoms with Crippen LogP contribution in [0.4, 0.5) is 0 Å². The Morgan fingerprint density at radius 1 is 1.24 bits per heavy atom. The number of benzene rings is 1. The zero-order valence-electron chi connectivity index (χ0n) is 13.8. The van der Waals surface area contributed by atoms with Gasteiger partial charge in [-0.25, -0.2) is 8.42 Å². The topological polar surface area (TPSA) is 83.9 Å². The molecule has 1 aromatic carbocycles. The first kappa shape index (κ1) is 21.8. The van der Waals surface area contributed by atoms with E-state index < -0.39 is 16.0 Å². The van der Waals surface area contributed by atoms with Gasteiger partial charge in [0.25, 0.3) is 0 Å². The van der Waals surface area contributed by atoms with E-state index in [-0.39, 0.29) is 26.1 Å². The molecular weight excluding hydrogens is 389 g/mol. The normalized spacial score (nSPS) is 12.0. The number of hydrogen-bond donors (Lipinski definition) is 1. The number of nitrogens with zero attached hydrogens (tertiary/aromatic N) is 1. The van der Waals surface area contributed by atoms with Gasteiger partial charge in [-0.3, -0.25) is 4.79 Å². The Morgan fingerprint density at radius 2 is 1.88 bits per heavy atom. The van der Waals surface area contributed by atoms with E-state index in [2.05, 4.69) is 0 Å². The second-order valence-corrected chi connectivity index (χ2v) is 8.19. The number of carboxylic acid groups (broad SMARTS) is 1. The highest BCUT2D eigenvalue weighted by molar-refractivity contribution is 7.88. The van der Waals surface area contributed by atoms with Crippen molar-refractivity contribution in [2.45, 2.75) is 19.3 Å². The lowest BCUT2D eigenvalue weighted by Gasteiger charge is -2.18. The highest BCUT2D eigenvalue weighted by atomic mass is 35.5. The van der Waals surface area contributed by atoms with Crippen molar-refractivity contribution < 1.29 is 23.1 Å². The van der Waals surface area contributed by atoms with Crippen LogP contribution in [0.5, 0.6) is 5.75 Å². The molecule has 0 aromatic heterocycles. The zero-order valence-corrected chi connectivity index (χ0v) is 16.1. The van der Waals surface area contributed by atoms with Gasteiger partial charge in [0.1, 0.15) is 12.4 Å². The van der Waals surface area contributed by atoms with E-state index in [9.17, 15) is 13.2 Å². The van der Waals surface area contributed by atoms with Crippen LogP contribution in [0.2, 0.25) is 10.0 Å². The quantitative estimate of drug-likeness (QED) is 0.446. The molecule has 0 aliphatic heterocycles. The van der Waals surface area contributed by atoms with Crippen LogP contribution in [0, 0.1) is 0 Å². The van der Waals surface area contributed by atoms with E-state index >= 15 is 0 Å². The van der Waals surface area contributed by atoms with Gasteiger partial charge in [0.05, 0.1) is 6.26 Å². The number of aliphatic carboxylic acids is 1. The number of sulfonamides is 1. The van der Waals surface area contributed by atoms with E-state index in [1.54, 1.807) is 30.4 Å². The summed E-state index contributed by atoms with van der Waals surface area (Å²) >= 11 is 11.8. The summed E-state index contributed by atoms with van der Waals surface area (Å²) in [5, 5.41) is 9.42. The summed E-state index contributed by atoms with van der Waals surface area (Å²) in [6.07, 6.45) is 5.81. The van der Waals surface area contributed by atoms with Gasteiger partial charge in [0, 0.05) is 29.6 Å². The number of hydrogen-bond acceptors (Lipinski definition) is 4. The molecule has 140 valence electrons. The van der Waals surface area contributed by atoms with Gasteiger partial charge in [-0.1, -0.05) is 35.4 Å². The van der Waals surface area contributed by atoms with Gasteiger partial charge >= 0.3 is 5.97 Å². The second-order valence-electron chi connectivity index (χ2n) is 5.33. The van der Waals surface area contributed by atoms with E-state index in [0.717, 1.165) is 6.26 Å². The monoisotopic (exact) mass is 409 g/mol. The fraction of sp³-hybridized carbons (Fsp3) is 0.438. The Hall–Kier alpha value is -1.28. The van der Waals surface area contributed by atoms with Gasteiger partial charge in [0.15, 0.2) is 0 Å². The molecule has 25 heavy (non-hydrogen) atoms. The van der Waals surface area contributed by atoms with Crippen LogP contribution in [0.3, 0.4) is 0 Å². The molecule has 0 atom stereocenters. The predicted octanol–water partition coefficient (Wildman–Crippen LogP) is 3.44. The van der Waals surface area contributed by atoms with Gasteiger partial charge in [-0.05, 0) is 31.0 Å². The molecule has 1 rings (SSSR count). The maximum atomic E-state index is 11.8. The number of allylic oxidation sites excluding steroid dienone is 1. The molecule has 0 bridgehead atoms.